The van der Waals surface area contributed by atoms with E-state index in [1.54, 1.807) is 12.1 Å². The van der Waals surface area contributed by atoms with Gasteiger partial charge in [0.15, 0.2) is 5.82 Å². The second kappa shape index (κ2) is 4.39. The summed E-state index contributed by atoms with van der Waals surface area (Å²) in [5, 5.41) is 0.409. The molecule has 18 heavy (non-hydrogen) atoms. The highest BCUT2D eigenvalue weighted by molar-refractivity contribution is 6.31. The summed E-state index contributed by atoms with van der Waals surface area (Å²) in [6.07, 6.45) is 0. The number of benzene rings is 2. The topological polar surface area (TPSA) is 12.9 Å². The molecule has 0 atom stereocenters. The summed E-state index contributed by atoms with van der Waals surface area (Å²) in [5.41, 5.74) is 0.00903. The molecule has 0 N–H and O–H groups in total. The number of halogens is 2. The average molecular weight is 263 g/mol. The fourth-order valence-electron chi connectivity index (χ4n) is 1.65. The first-order valence-electron chi connectivity index (χ1n) is 7.65. The smallest absolute Gasteiger partial charge is 0.167 e. The molecule has 0 spiro atoms. The van der Waals surface area contributed by atoms with E-state index in [0.717, 1.165) is 0 Å². The second-order valence-corrected chi connectivity index (χ2v) is 4.04. The number of aromatic nitrogens is 1. The van der Waals surface area contributed by atoms with E-state index in [1.165, 1.54) is 12.1 Å². The van der Waals surface area contributed by atoms with Crippen LogP contribution in [-0.4, -0.2) is 4.98 Å². The van der Waals surface area contributed by atoms with E-state index in [0.29, 0.717) is 5.39 Å². The molecule has 0 saturated carbocycles. The van der Waals surface area contributed by atoms with E-state index in [-0.39, 0.29) is 33.9 Å². The van der Waals surface area contributed by atoms with Gasteiger partial charge in [0.2, 0.25) is 0 Å². The molecule has 1 aromatic heterocycles. The van der Waals surface area contributed by atoms with Crippen LogP contribution in [-0.2, 0) is 0 Å². The first-order chi connectivity index (χ1) is 10.8. The van der Waals surface area contributed by atoms with Crippen LogP contribution >= 0.6 is 11.6 Å². The Morgan fingerprint density at radius 3 is 2.56 bits per heavy atom. The first kappa shape index (κ1) is 6.86. The van der Waals surface area contributed by atoms with Crippen molar-refractivity contribution in [1.29, 1.82) is 0 Å². The standard InChI is InChI=1S/C15H9ClFN/c16-12-8-6-11-7-9-13(18-15(11)14(12)17)10-4-2-1-3-5-10/h1-9H/i1D,2D,3D,4D,5D. The Morgan fingerprint density at radius 2 is 1.78 bits per heavy atom. The average Bonchev–Trinajstić information content (AvgIpc) is 2.55. The molecule has 3 rings (SSSR count). The Morgan fingerprint density at radius 1 is 1.06 bits per heavy atom. The molecule has 0 aliphatic carbocycles. The largest absolute Gasteiger partial charge is 0.245 e. The van der Waals surface area contributed by atoms with Gasteiger partial charge in [0, 0.05) is 10.9 Å². The normalized spacial score (nSPS) is 14.7. The van der Waals surface area contributed by atoms with E-state index in [1.807, 2.05) is 0 Å². The van der Waals surface area contributed by atoms with Gasteiger partial charge in [0.05, 0.1) is 17.6 Å². The van der Waals surface area contributed by atoms with Crippen LogP contribution in [0.5, 0.6) is 0 Å². The lowest BCUT2D eigenvalue weighted by molar-refractivity contribution is 0.637. The third kappa shape index (κ3) is 1.85. The number of hydrogen-bond acceptors (Lipinski definition) is 1. The Balaban J connectivity index is 2.36. The van der Waals surface area contributed by atoms with Crippen molar-refractivity contribution < 1.29 is 11.2 Å². The minimum atomic E-state index is -0.710. The van der Waals surface area contributed by atoms with Gasteiger partial charge in [-0.05, 0) is 12.1 Å². The highest BCUT2D eigenvalue weighted by Crippen LogP contribution is 2.26. The van der Waals surface area contributed by atoms with Crippen molar-refractivity contribution in [3.63, 3.8) is 0 Å². The fourth-order valence-corrected chi connectivity index (χ4v) is 1.80. The van der Waals surface area contributed by atoms with Crippen molar-refractivity contribution in [2.45, 2.75) is 0 Å². The van der Waals surface area contributed by atoms with Gasteiger partial charge in [-0.2, -0.15) is 0 Å². The molecule has 88 valence electrons. The Kier molecular flexibility index (Phi) is 1.67. The molecule has 1 heterocycles. The van der Waals surface area contributed by atoms with E-state index in [9.17, 15) is 4.39 Å². The third-order valence-electron chi connectivity index (χ3n) is 2.51. The van der Waals surface area contributed by atoms with E-state index in [2.05, 4.69) is 4.98 Å². The summed E-state index contributed by atoms with van der Waals surface area (Å²) in [6.45, 7) is 0. The molecule has 0 radical (unpaired) electrons. The Bertz CT molecular complexity index is 931. The van der Waals surface area contributed by atoms with Crippen LogP contribution in [0.2, 0.25) is 5.02 Å². The van der Waals surface area contributed by atoms with Crippen LogP contribution in [0.3, 0.4) is 0 Å². The van der Waals surface area contributed by atoms with Crippen LogP contribution < -0.4 is 0 Å². The zero-order valence-corrected chi connectivity index (χ0v) is 9.77. The number of fused-ring (bicyclic) bond motifs is 1. The second-order valence-electron chi connectivity index (χ2n) is 3.63. The van der Waals surface area contributed by atoms with Gasteiger partial charge in [-0.1, -0.05) is 53.9 Å². The van der Waals surface area contributed by atoms with Gasteiger partial charge in [-0.15, -0.1) is 0 Å². The number of hydrogen-bond donors (Lipinski definition) is 0. The van der Waals surface area contributed by atoms with Crippen molar-refractivity contribution >= 4 is 22.5 Å². The predicted molar refractivity (Wildman–Crippen MR) is 72.1 cm³/mol. The molecule has 0 saturated heterocycles. The van der Waals surface area contributed by atoms with E-state index in [4.69, 9.17) is 18.5 Å². The molecule has 0 unspecified atom stereocenters. The van der Waals surface area contributed by atoms with Crippen molar-refractivity contribution in [3.8, 4) is 11.3 Å². The van der Waals surface area contributed by atoms with E-state index < -0.39 is 23.9 Å². The van der Waals surface area contributed by atoms with E-state index >= 15 is 0 Å². The van der Waals surface area contributed by atoms with Gasteiger partial charge in [-0.25, -0.2) is 9.37 Å². The van der Waals surface area contributed by atoms with Crippen LogP contribution in [0.25, 0.3) is 22.2 Å². The van der Waals surface area contributed by atoms with Crippen LogP contribution in [0.15, 0.2) is 54.5 Å². The molecule has 1 nitrogen and oxygen atoms in total. The predicted octanol–water partition coefficient (Wildman–Crippen LogP) is 4.69. The number of nitrogens with zero attached hydrogens (tertiary/aromatic N) is 1. The van der Waals surface area contributed by atoms with Crippen LogP contribution in [0, 0.1) is 5.82 Å². The number of rotatable bonds is 1. The molecule has 2 aromatic carbocycles. The highest BCUT2D eigenvalue weighted by Gasteiger charge is 2.08. The molecular formula is C15H9ClFN. The zero-order chi connectivity index (χ0) is 16.9. The summed E-state index contributed by atoms with van der Waals surface area (Å²) in [6, 6.07) is 3.88. The summed E-state index contributed by atoms with van der Waals surface area (Å²) in [5.74, 6) is -0.710. The molecular weight excluding hydrogens is 249 g/mol. The van der Waals surface area contributed by atoms with Crippen molar-refractivity contribution in [1.82, 2.24) is 4.98 Å². The maximum atomic E-state index is 14.1. The maximum Gasteiger partial charge on any atom is 0.167 e. The summed E-state index contributed by atoms with van der Waals surface area (Å²) >= 11 is 5.75. The van der Waals surface area contributed by atoms with Gasteiger partial charge >= 0.3 is 0 Å². The number of pyridine rings is 1. The van der Waals surface area contributed by atoms with Crippen LogP contribution in [0.1, 0.15) is 6.85 Å². The highest BCUT2D eigenvalue weighted by atomic mass is 35.5. The van der Waals surface area contributed by atoms with Gasteiger partial charge in [0.1, 0.15) is 5.52 Å². The minimum Gasteiger partial charge on any atom is -0.245 e. The zero-order valence-electron chi connectivity index (χ0n) is 14.0. The van der Waals surface area contributed by atoms with Crippen LogP contribution in [0.4, 0.5) is 4.39 Å². The molecule has 0 amide bonds. The molecule has 0 aliphatic rings. The van der Waals surface area contributed by atoms with Gasteiger partial charge < -0.3 is 0 Å². The lowest BCUT2D eigenvalue weighted by Crippen LogP contribution is -1.89. The Labute approximate surface area is 116 Å². The summed E-state index contributed by atoms with van der Waals surface area (Å²) in [4.78, 5) is 4.11. The third-order valence-corrected chi connectivity index (χ3v) is 2.80. The summed E-state index contributed by atoms with van der Waals surface area (Å²) < 4.78 is 53.0. The lowest BCUT2D eigenvalue weighted by atomic mass is 10.1. The lowest BCUT2D eigenvalue weighted by Gasteiger charge is -2.04. The molecule has 3 heteroatoms. The van der Waals surface area contributed by atoms with Gasteiger partial charge in [0.25, 0.3) is 0 Å². The van der Waals surface area contributed by atoms with Crippen molar-refractivity contribution in [2.24, 2.45) is 0 Å². The molecule has 3 aromatic rings. The monoisotopic (exact) mass is 262 g/mol. The van der Waals surface area contributed by atoms with Crippen molar-refractivity contribution in [2.75, 3.05) is 0 Å². The summed E-state index contributed by atoms with van der Waals surface area (Å²) in [7, 11) is 0. The fraction of sp³-hybridized carbons (Fsp3) is 0. The SMILES string of the molecule is [2H]c1c([2H])c([2H])c(-c2ccc3ccc(Cl)c(F)c3n2)c([2H])c1[2H]. The minimum absolute atomic E-state index is 0.0122. The maximum absolute atomic E-state index is 14.1. The van der Waals surface area contributed by atoms with Gasteiger partial charge in [-0.3, -0.25) is 0 Å². The quantitative estimate of drug-likeness (QED) is 0.620. The molecule has 0 aliphatic heterocycles. The molecule has 0 fully saturated rings. The molecule has 0 bridgehead atoms. The first-order valence-corrected chi connectivity index (χ1v) is 5.52. The Hall–Kier alpha value is -1.93. The van der Waals surface area contributed by atoms with Crippen molar-refractivity contribution in [3.05, 3.63) is 65.3 Å².